The van der Waals surface area contributed by atoms with Crippen LogP contribution in [0, 0.1) is 26.9 Å². The van der Waals surface area contributed by atoms with Gasteiger partial charge in [0.1, 0.15) is 11.8 Å². The number of hydrogen-bond acceptors (Lipinski definition) is 7. The van der Waals surface area contributed by atoms with Crippen LogP contribution < -0.4 is 11.2 Å². The summed E-state index contributed by atoms with van der Waals surface area (Å²) in [7, 11) is 0. The van der Waals surface area contributed by atoms with Gasteiger partial charge in [-0.2, -0.15) is 10.4 Å². The van der Waals surface area contributed by atoms with Crippen molar-refractivity contribution >= 4 is 22.9 Å². The van der Waals surface area contributed by atoms with Crippen molar-refractivity contribution in [2.75, 3.05) is 5.43 Å². The van der Waals surface area contributed by atoms with Crippen molar-refractivity contribution in [3.8, 4) is 11.8 Å². The smallest absolute Gasteiger partial charge is 0.298 e. The van der Waals surface area contributed by atoms with E-state index in [1.807, 2.05) is 0 Å². The molecule has 0 bridgehead atoms. The number of nitrogens with two attached hydrogens (primary N) is 1. The number of nitrogens with one attached hydrogen (secondary N) is 2. The molecule has 0 amide bonds. The summed E-state index contributed by atoms with van der Waals surface area (Å²) in [6, 6.07) is 5.18. The van der Waals surface area contributed by atoms with Gasteiger partial charge in [0, 0.05) is 6.07 Å². The largest absolute Gasteiger partial charge is 0.505 e. The number of nitro groups is 1. The second kappa shape index (κ2) is 5.26. The number of para-hydroxylation sites is 1. The Kier molecular flexibility index (Phi) is 3.78. The van der Waals surface area contributed by atoms with E-state index in [0.29, 0.717) is 0 Å². The topological polar surface area (TPSA) is 161 Å². The fourth-order valence-electron chi connectivity index (χ4n) is 1.05. The van der Waals surface area contributed by atoms with E-state index in [1.54, 1.807) is 0 Å². The zero-order chi connectivity index (χ0) is 13.7. The number of nitrogens with zero attached hydrogens (tertiary/aromatic N) is 3. The molecule has 0 aliphatic rings. The van der Waals surface area contributed by atoms with E-state index in [2.05, 4.69) is 10.5 Å². The molecular formula is C9H8N6O3. The monoisotopic (exact) mass is 248 g/mol. The molecule has 0 saturated heterocycles. The van der Waals surface area contributed by atoms with Crippen LogP contribution in [0.15, 0.2) is 23.3 Å². The molecule has 1 rings (SSSR count). The summed E-state index contributed by atoms with van der Waals surface area (Å²) in [5.41, 5.74) is 6.04. The molecule has 9 nitrogen and oxygen atoms in total. The molecule has 0 heterocycles. The van der Waals surface area contributed by atoms with Crippen LogP contribution in [-0.4, -0.2) is 21.6 Å². The highest BCUT2D eigenvalue weighted by atomic mass is 16.6. The molecule has 0 unspecified atom stereocenters. The van der Waals surface area contributed by atoms with Crippen LogP contribution in [0.25, 0.3) is 0 Å². The van der Waals surface area contributed by atoms with E-state index in [0.717, 1.165) is 6.07 Å². The lowest BCUT2D eigenvalue weighted by Crippen LogP contribution is -2.22. The number of hydrogen-bond donors (Lipinski definition) is 4. The van der Waals surface area contributed by atoms with Gasteiger partial charge < -0.3 is 10.8 Å². The van der Waals surface area contributed by atoms with Crippen LogP contribution in [0.3, 0.4) is 0 Å². The highest BCUT2D eigenvalue weighted by Crippen LogP contribution is 2.32. The molecule has 9 heteroatoms. The molecular weight excluding hydrogens is 240 g/mol. The molecule has 0 aromatic heterocycles. The first kappa shape index (κ1) is 12.9. The molecule has 0 radical (unpaired) electrons. The van der Waals surface area contributed by atoms with Gasteiger partial charge in [-0.05, 0) is 6.07 Å². The number of aromatic hydroxyl groups is 1. The predicted molar refractivity (Wildman–Crippen MR) is 63.3 cm³/mol. The van der Waals surface area contributed by atoms with Crippen LogP contribution in [0.2, 0.25) is 0 Å². The van der Waals surface area contributed by atoms with Crippen LogP contribution in [0.5, 0.6) is 5.75 Å². The minimum Gasteiger partial charge on any atom is -0.505 e. The zero-order valence-electron chi connectivity index (χ0n) is 8.91. The summed E-state index contributed by atoms with van der Waals surface area (Å²) in [6.45, 7) is 0. The summed E-state index contributed by atoms with van der Waals surface area (Å²) in [4.78, 5) is 9.97. The Balaban J connectivity index is 3.16. The maximum Gasteiger partial charge on any atom is 0.298 e. The van der Waals surface area contributed by atoms with Crippen molar-refractivity contribution in [1.82, 2.24) is 0 Å². The fourth-order valence-corrected chi connectivity index (χ4v) is 1.05. The number of phenolic OH excluding ortho intramolecular Hbond substituents is 1. The summed E-state index contributed by atoms with van der Waals surface area (Å²) in [6.07, 6.45) is 0. The van der Waals surface area contributed by atoms with Gasteiger partial charge in [-0.15, -0.1) is 0 Å². The summed E-state index contributed by atoms with van der Waals surface area (Å²) in [5, 5.41) is 39.1. The predicted octanol–water partition coefficient (Wildman–Crippen LogP) is 0.528. The van der Waals surface area contributed by atoms with Crippen LogP contribution >= 0.6 is 0 Å². The van der Waals surface area contributed by atoms with Gasteiger partial charge in [0.25, 0.3) is 5.69 Å². The Hall–Kier alpha value is -3.15. The quantitative estimate of drug-likeness (QED) is 0.199. The number of nitro benzene ring substituents is 1. The molecule has 0 atom stereocenters. The second-order valence-electron chi connectivity index (χ2n) is 3.03. The lowest BCUT2D eigenvalue weighted by atomic mass is 10.2. The Bertz CT molecular complexity index is 574. The lowest BCUT2D eigenvalue weighted by molar-refractivity contribution is -0.384. The van der Waals surface area contributed by atoms with E-state index in [9.17, 15) is 15.2 Å². The highest BCUT2D eigenvalue weighted by Gasteiger charge is 2.17. The minimum absolute atomic E-state index is 0.281. The normalized spacial score (nSPS) is 10.5. The van der Waals surface area contributed by atoms with Gasteiger partial charge in [-0.25, -0.2) is 0 Å². The number of anilines is 1. The number of rotatable bonds is 4. The number of amidine groups is 1. The molecule has 0 spiro atoms. The second-order valence-corrected chi connectivity index (χ2v) is 3.03. The van der Waals surface area contributed by atoms with Crippen molar-refractivity contribution in [3.05, 3.63) is 28.3 Å². The van der Waals surface area contributed by atoms with Gasteiger partial charge >= 0.3 is 0 Å². The first-order valence-corrected chi connectivity index (χ1v) is 4.52. The molecule has 1 aromatic rings. The van der Waals surface area contributed by atoms with Crippen molar-refractivity contribution < 1.29 is 10.0 Å². The van der Waals surface area contributed by atoms with Gasteiger partial charge in [0.05, 0.1) is 4.92 Å². The van der Waals surface area contributed by atoms with Gasteiger partial charge in [0.2, 0.25) is 5.71 Å². The fraction of sp³-hybridized carbons (Fsp3) is 0. The number of benzene rings is 1. The lowest BCUT2D eigenvalue weighted by Gasteiger charge is -2.04. The number of nitriles is 1. The first-order valence-electron chi connectivity index (χ1n) is 4.52. The molecule has 0 aliphatic heterocycles. The minimum atomic E-state index is -0.725. The Morgan fingerprint density at radius 3 is 2.83 bits per heavy atom. The van der Waals surface area contributed by atoms with Crippen molar-refractivity contribution in [3.63, 3.8) is 0 Å². The summed E-state index contributed by atoms with van der Waals surface area (Å²) < 4.78 is 0. The van der Waals surface area contributed by atoms with Gasteiger partial charge in [-0.1, -0.05) is 6.07 Å². The van der Waals surface area contributed by atoms with Gasteiger partial charge in [-0.3, -0.25) is 20.9 Å². The Morgan fingerprint density at radius 1 is 1.67 bits per heavy atom. The van der Waals surface area contributed by atoms with Crippen molar-refractivity contribution in [1.29, 1.82) is 10.7 Å². The van der Waals surface area contributed by atoms with E-state index >= 15 is 0 Å². The first-order chi connectivity index (χ1) is 8.47. The van der Waals surface area contributed by atoms with Crippen LogP contribution in [-0.2, 0) is 0 Å². The SMILES string of the molecule is N#C/C(=N\Nc1c(O)cccc1[N+](=O)[O-])C(=N)N. The average molecular weight is 248 g/mol. The third-order valence-electron chi connectivity index (χ3n) is 1.86. The van der Waals surface area contributed by atoms with Crippen molar-refractivity contribution in [2.24, 2.45) is 10.8 Å². The van der Waals surface area contributed by atoms with Gasteiger partial charge in [0.15, 0.2) is 11.5 Å². The Morgan fingerprint density at radius 2 is 2.33 bits per heavy atom. The maximum atomic E-state index is 10.7. The molecule has 0 aliphatic carbocycles. The third-order valence-corrected chi connectivity index (χ3v) is 1.86. The van der Waals surface area contributed by atoms with E-state index < -0.39 is 27.9 Å². The number of hydrazone groups is 1. The van der Waals surface area contributed by atoms with Crippen molar-refractivity contribution in [2.45, 2.75) is 0 Å². The van der Waals surface area contributed by atoms with E-state index in [1.165, 1.54) is 18.2 Å². The van der Waals surface area contributed by atoms with E-state index in [4.69, 9.17) is 16.4 Å². The van der Waals surface area contributed by atoms with Crippen LogP contribution in [0.1, 0.15) is 0 Å². The molecule has 18 heavy (non-hydrogen) atoms. The molecule has 5 N–H and O–H groups in total. The third kappa shape index (κ3) is 2.70. The summed E-state index contributed by atoms with van der Waals surface area (Å²) in [5.74, 6) is -1.00. The standard InChI is InChI=1S/C9H8N6O3/c10-4-5(9(11)12)13-14-8-6(15(17)18)2-1-3-7(8)16/h1-3,14,16H,(H3,11,12)/b13-5+. The Labute approximate surface area is 101 Å². The average Bonchev–Trinajstić information content (AvgIpc) is 2.30. The van der Waals surface area contributed by atoms with Crippen LogP contribution in [0.4, 0.5) is 11.4 Å². The zero-order valence-corrected chi connectivity index (χ0v) is 8.91. The molecule has 1 aromatic carbocycles. The molecule has 0 fully saturated rings. The number of phenols is 1. The highest BCUT2D eigenvalue weighted by molar-refractivity contribution is 6.45. The summed E-state index contributed by atoms with van der Waals surface area (Å²) >= 11 is 0. The van der Waals surface area contributed by atoms with E-state index in [-0.39, 0.29) is 5.69 Å². The molecule has 0 saturated carbocycles. The molecule has 92 valence electrons. The maximum absolute atomic E-state index is 10.7.